The van der Waals surface area contributed by atoms with Gasteiger partial charge in [-0.25, -0.2) is 0 Å². The average molecular weight is 390 g/mol. The SMILES string of the molecule is O=C(O)C[C@@H]1CCN(C(=O)c2ccccc2)C[C@@H]1CC1=NCCc2ccccc21. The van der Waals surface area contributed by atoms with Gasteiger partial charge in [0.25, 0.3) is 5.91 Å². The van der Waals surface area contributed by atoms with Crippen molar-refractivity contribution in [2.75, 3.05) is 19.6 Å². The Morgan fingerprint density at radius 3 is 2.59 bits per heavy atom. The summed E-state index contributed by atoms with van der Waals surface area (Å²) in [5, 5.41) is 9.39. The summed E-state index contributed by atoms with van der Waals surface area (Å²) in [5.74, 6) is -0.592. The normalized spacial score (nSPS) is 21.2. The number of carboxylic acid groups (broad SMARTS) is 1. The maximum absolute atomic E-state index is 12.9. The van der Waals surface area contributed by atoms with Crippen LogP contribution in [0.2, 0.25) is 0 Å². The molecule has 2 atom stereocenters. The van der Waals surface area contributed by atoms with E-state index in [0.717, 1.165) is 18.7 Å². The number of aliphatic imine (C=N–C) groups is 1. The molecule has 2 aliphatic heterocycles. The summed E-state index contributed by atoms with van der Waals surface area (Å²) in [6.45, 7) is 1.95. The first-order chi connectivity index (χ1) is 14.1. The molecule has 0 bridgehead atoms. The Labute approximate surface area is 171 Å². The first-order valence-electron chi connectivity index (χ1n) is 10.3. The molecule has 4 rings (SSSR count). The third-order valence-electron chi connectivity index (χ3n) is 6.10. The van der Waals surface area contributed by atoms with Crippen LogP contribution >= 0.6 is 0 Å². The number of carbonyl (C=O) groups is 2. The number of piperidine rings is 1. The van der Waals surface area contributed by atoms with Crippen LogP contribution in [0.1, 0.15) is 40.7 Å². The molecule has 2 aromatic carbocycles. The first-order valence-corrected chi connectivity index (χ1v) is 10.3. The van der Waals surface area contributed by atoms with E-state index in [9.17, 15) is 14.7 Å². The molecule has 29 heavy (non-hydrogen) atoms. The molecule has 0 unspecified atom stereocenters. The molecular formula is C24H26N2O3. The van der Waals surface area contributed by atoms with Crippen LogP contribution in [-0.2, 0) is 11.2 Å². The Balaban J connectivity index is 1.55. The van der Waals surface area contributed by atoms with Gasteiger partial charge in [0.05, 0.1) is 0 Å². The second-order valence-electron chi connectivity index (χ2n) is 7.96. The summed E-state index contributed by atoms with van der Waals surface area (Å²) in [5.41, 5.74) is 4.23. The highest BCUT2D eigenvalue weighted by Gasteiger charge is 2.34. The van der Waals surface area contributed by atoms with E-state index in [4.69, 9.17) is 4.99 Å². The molecule has 0 spiro atoms. The lowest BCUT2D eigenvalue weighted by molar-refractivity contribution is -0.138. The molecule has 0 aliphatic carbocycles. The van der Waals surface area contributed by atoms with E-state index in [1.807, 2.05) is 41.3 Å². The van der Waals surface area contributed by atoms with Crippen molar-refractivity contribution < 1.29 is 14.7 Å². The molecular weight excluding hydrogens is 364 g/mol. The lowest BCUT2D eigenvalue weighted by Gasteiger charge is -2.39. The number of hydrogen-bond acceptors (Lipinski definition) is 3. The van der Waals surface area contributed by atoms with Gasteiger partial charge in [-0.05, 0) is 54.4 Å². The van der Waals surface area contributed by atoms with Crippen LogP contribution in [0.5, 0.6) is 0 Å². The highest BCUT2D eigenvalue weighted by molar-refractivity contribution is 6.02. The van der Waals surface area contributed by atoms with Gasteiger partial charge in [0, 0.05) is 37.3 Å². The van der Waals surface area contributed by atoms with Crippen LogP contribution in [0, 0.1) is 11.8 Å². The predicted octanol–water partition coefficient (Wildman–Crippen LogP) is 3.68. The Morgan fingerprint density at radius 1 is 1.03 bits per heavy atom. The van der Waals surface area contributed by atoms with Crippen LogP contribution in [0.3, 0.4) is 0 Å². The monoisotopic (exact) mass is 390 g/mol. The van der Waals surface area contributed by atoms with Gasteiger partial charge in [-0.2, -0.15) is 0 Å². The van der Waals surface area contributed by atoms with Crippen molar-refractivity contribution in [3.8, 4) is 0 Å². The van der Waals surface area contributed by atoms with E-state index >= 15 is 0 Å². The Kier molecular flexibility index (Phi) is 5.74. The smallest absolute Gasteiger partial charge is 0.303 e. The summed E-state index contributed by atoms with van der Waals surface area (Å²) < 4.78 is 0. The van der Waals surface area contributed by atoms with E-state index in [1.54, 1.807) is 0 Å². The molecule has 1 amide bonds. The summed E-state index contributed by atoms with van der Waals surface area (Å²) in [6, 6.07) is 17.6. The summed E-state index contributed by atoms with van der Waals surface area (Å²) in [4.78, 5) is 31.0. The van der Waals surface area contributed by atoms with Gasteiger partial charge in [-0.1, -0.05) is 42.5 Å². The number of amides is 1. The van der Waals surface area contributed by atoms with E-state index in [1.165, 1.54) is 11.1 Å². The number of aliphatic carboxylic acids is 1. The number of carbonyl (C=O) groups excluding carboxylic acids is 1. The number of fused-ring (bicyclic) bond motifs is 1. The number of rotatable bonds is 5. The Hall–Kier alpha value is -2.95. The molecule has 1 saturated heterocycles. The minimum atomic E-state index is -0.770. The zero-order valence-electron chi connectivity index (χ0n) is 16.5. The quantitative estimate of drug-likeness (QED) is 0.847. The highest BCUT2D eigenvalue weighted by atomic mass is 16.4. The summed E-state index contributed by atoms with van der Waals surface area (Å²) in [6.07, 6.45) is 2.52. The number of nitrogens with zero attached hydrogens (tertiary/aromatic N) is 2. The fraction of sp³-hybridized carbons (Fsp3) is 0.375. The van der Waals surface area contributed by atoms with Gasteiger partial charge in [0.2, 0.25) is 0 Å². The Bertz CT molecular complexity index is 923. The van der Waals surface area contributed by atoms with Crippen LogP contribution in [-0.4, -0.2) is 47.2 Å². The van der Waals surface area contributed by atoms with Crippen molar-refractivity contribution in [2.45, 2.75) is 25.7 Å². The molecule has 5 nitrogen and oxygen atoms in total. The lowest BCUT2D eigenvalue weighted by atomic mass is 9.78. The summed E-state index contributed by atoms with van der Waals surface area (Å²) in [7, 11) is 0. The second-order valence-corrected chi connectivity index (χ2v) is 7.96. The number of likely N-dealkylation sites (tertiary alicyclic amines) is 1. The van der Waals surface area contributed by atoms with Gasteiger partial charge < -0.3 is 10.0 Å². The number of hydrogen-bond donors (Lipinski definition) is 1. The molecule has 2 aliphatic rings. The first kappa shape index (κ1) is 19.4. The van der Waals surface area contributed by atoms with E-state index in [-0.39, 0.29) is 24.2 Å². The zero-order chi connectivity index (χ0) is 20.2. The molecule has 5 heteroatoms. The second kappa shape index (κ2) is 8.60. The minimum absolute atomic E-state index is 0.0235. The molecule has 150 valence electrons. The largest absolute Gasteiger partial charge is 0.481 e. The third kappa shape index (κ3) is 4.39. The van der Waals surface area contributed by atoms with Gasteiger partial charge in [-0.3, -0.25) is 14.6 Å². The van der Waals surface area contributed by atoms with E-state index in [0.29, 0.717) is 31.5 Å². The maximum atomic E-state index is 12.9. The van der Waals surface area contributed by atoms with Crippen LogP contribution in [0.4, 0.5) is 0 Å². The van der Waals surface area contributed by atoms with Gasteiger partial charge in [-0.15, -0.1) is 0 Å². The predicted molar refractivity (Wildman–Crippen MR) is 112 cm³/mol. The van der Waals surface area contributed by atoms with E-state index in [2.05, 4.69) is 18.2 Å². The van der Waals surface area contributed by atoms with Crippen LogP contribution < -0.4 is 0 Å². The number of carboxylic acids is 1. The summed E-state index contributed by atoms with van der Waals surface area (Å²) >= 11 is 0. The fourth-order valence-corrected chi connectivity index (χ4v) is 4.59. The Morgan fingerprint density at radius 2 is 1.79 bits per heavy atom. The minimum Gasteiger partial charge on any atom is -0.481 e. The van der Waals surface area contributed by atoms with Crippen molar-refractivity contribution in [3.63, 3.8) is 0 Å². The standard InChI is InChI=1S/C24H26N2O3/c27-23(28)15-19-11-13-26(24(29)18-7-2-1-3-8-18)16-20(19)14-22-21-9-5-4-6-17(21)10-12-25-22/h1-9,19-20H,10-16H2,(H,27,28)/t19-,20-/m0/s1. The molecule has 2 heterocycles. The van der Waals surface area contributed by atoms with Gasteiger partial charge in [0.15, 0.2) is 0 Å². The van der Waals surface area contributed by atoms with Crippen molar-refractivity contribution >= 4 is 17.6 Å². The van der Waals surface area contributed by atoms with Crippen molar-refractivity contribution in [3.05, 3.63) is 71.3 Å². The van der Waals surface area contributed by atoms with Crippen molar-refractivity contribution in [2.24, 2.45) is 16.8 Å². The van der Waals surface area contributed by atoms with Gasteiger partial charge >= 0.3 is 5.97 Å². The average Bonchev–Trinajstić information content (AvgIpc) is 2.75. The van der Waals surface area contributed by atoms with Crippen LogP contribution in [0.15, 0.2) is 59.6 Å². The molecule has 1 fully saturated rings. The lowest BCUT2D eigenvalue weighted by Crippen LogP contribution is -2.45. The van der Waals surface area contributed by atoms with E-state index < -0.39 is 5.97 Å². The topological polar surface area (TPSA) is 70.0 Å². The van der Waals surface area contributed by atoms with Crippen molar-refractivity contribution in [1.82, 2.24) is 4.90 Å². The molecule has 0 aromatic heterocycles. The molecule has 2 aromatic rings. The number of benzene rings is 2. The molecule has 0 radical (unpaired) electrons. The van der Waals surface area contributed by atoms with Crippen LogP contribution in [0.25, 0.3) is 0 Å². The third-order valence-corrected chi connectivity index (χ3v) is 6.10. The molecule has 0 saturated carbocycles. The highest BCUT2D eigenvalue weighted by Crippen LogP contribution is 2.32. The van der Waals surface area contributed by atoms with Crippen molar-refractivity contribution in [1.29, 1.82) is 0 Å². The zero-order valence-corrected chi connectivity index (χ0v) is 16.5. The van der Waals surface area contributed by atoms with Gasteiger partial charge in [0.1, 0.15) is 0 Å². The fourth-order valence-electron chi connectivity index (χ4n) is 4.59. The molecule has 1 N–H and O–H groups in total. The maximum Gasteiger partial charge on any atom is 0.303 e.